The smallest absolute Gasteiger partial charge is 0.343 e. The first kappa shape index (κ1) is 17.3. The van der Waals surface area contributed by atoms with Crippen LogP contribution in [0.3, 0.4) is 0 Å². The van der Waals surface area contributed by atoms with Crippen molar-refractivity contribution in [1.82, 2.24) is 14.8 Å². The van der Waals surface area contributed by atoms with Gasteiger partial charge in [0.15, 0.2) is 0 Å². The number of carbonyl (C=O) groups excluding carboxylic acids is 1. The lowest BCUT2D eigenvalue weighted by atomic mass is 10.0. The van der Waals surface area contributed by atoms with Crippen molar-refractivity contribution in [2.75, 3.05) is 0 Å². The van der Waals surface area contributed by atoms with E-state index in [2.05, 4.69) is 10.1 Å². The lowest BCUT2D eigenvalue weighted by molar-refractivity contribution is -0.384. The second-order valence-electron chi connectivity index (χ2n) is 5.92. The number of ether oxygens (including phenoxy) is 1. The summed E-state index contributed by atoms with van der Waals surface area (Å²) in [7, 11) is 0. The molecule has 0 fully saturated rings. The Hall–Kier alpha value is -3.55. The maximum atomic E-state index is 12.4. The topological polar surface area (TPSA) is 100 Å². The normalized spacial score (nSPS) is 10.7. The number of hydrogen-bond donors (Lipinski definition) is 0. The molecule has 8 heteroatoms. The van der Waals surface area contributed by atoms with Crippen LogP contribution in [-0.4, -0.2) is 25.7 Å². The van der Waals surface area contributed by atoms with Gasteiger partial charge in [-0.2, -0.15) is 5.10 Å². The van der Waals surface area contributed by atoms with Gasteiger partial charge in [-0.15, -0.1) is 0 Å². The van der Waals surface area contributed by atoms with Gasteiger partial charge >= 0.3 is 5.97 Å². The highest BCUT2D eigenvalue weighted by Crippen LogP contribution is 2.25. The van der Waals surface area contributed by atoms with Gasteiger partial charge in [0.2, 0.25) is 0 Å². The predicted molar refractivity (Wildman–Crippen MR) is 93.5 cm³/mol. The third-order valence-corrected chi connectivity index (χ3v) is 3.81. The fourth-order valence-electron chi connectivity index (χ4n) is 2.43. The van der Waals surface area contributed by atoms with Gasteiger partial charge in [-0.25, -0.2) is 14.5 Å². The van der Waals surface area contributed by atoms with Crippen molar-refractivity contribution in [2.24, 2.45) is 0 Å². The quantitative estimate of drug-likeness (QED) is 0.301. The summed E-state index contributed by atoms with van der Waals surface area (Å²) in [5.74, 6) is 0.0139. The van der Waals surface area contributed by atoms with Crippen LogP contribution in [0.5, 0.6) is 5.75 Å². The molecule has 3 aromatic rings. The first-order valence-corrected chi connectivity index (χ1v) is 7.91. The molecule has 0 bridgehead atoms. The van der Waals surface area contributed by atoms with E-state index in [1.165, 1.54) is 35.5 Å². The summed E-state index contributed by atoms with van der Waals surface area (Å²) in [6, 6.07) is 11.3. The summed E-state index contributed by atoms with van der Waals surface area (Å²) >= 11 is 0. The first-order chi connectivity index (χ1) is 12.5. The number of aromatic nitrogens is 3. The maximum Gasteiger partial charge on any atom is 0.343 e. The van der Waals surface area contributed by atoms with Gasteiger partial charge in [-0.1, -0.05) is 26.0 Å². The first-order valence-electron chi connectivity index (χ1n) is 7.91. The fraction of sp³-hybridized carbons (Fsp3) is 0.167. The molecule has 132 valence electrons. The van der Waals surface area contributed by atoms with E-state index in [1.807, 2.05) is 19.9 Å². The number of esters is 1. The molecule has 8 nitrogen and oxygen atoms in total. The van der Waals surface area contributed by atoms with Crippen molar-refractivity contribution in [3.63, 3.8) is 0 Å². The van der Waals surface area contributed by atoms with E-state index in [1.54, 1.807) is 18.2 Å². The van der Waals surface area contributed by atoms with Crippen LogP contribution in [0.4, 0.5) is 5.69 Å². The standard InChI is InChI=1S/C18H16N4O4/c1-12(2)13-4-3-5-15(8-13)26-18(23)14-6-7-16(17(9-14)22(24)25)21-11-19-10-20-21/h3-12H,1-2H3. The summed E-state index contributed by atoms with van der Waals surface area (Å²) in [6.07, 6.45) is 2.62. The minimum atomic E-state index is -0.667. The summed E-state index contributed by atoms with van der Waals surface area (Å²) < 4.78 is 6.62. The number of hydrogen-bond acceptors (Lipinski definition) is 6. The van der Waals surface area contributed by atoms with Crippen molar-refractivity contribution >= 4 is 11.7 Å². The van der Waals surface area contributed by atoms with E-state index in [0.717, 1.165) is 5.56 Å². The van der Waals surface area contributed by atoms with Gasteiger partial charge in [-0.3, -0.25) is 10.1 Å². The van der Waals surface area contributed by atoms with Gasteiger partial charge in [0.1, 0.15) is 24.1 Å². The van der Waals surface area contributed by atoms with Crippen molar-refractivity contribution in [1.29, 1.82) is 0 Å². The van der Waals surface area contributed by atoms with Crippen LogP contribution in [0.15, 0.2) is 55.1 Å². The van der Waals surface area contributed by atoms with E-state index in [-0.39, 0.29) is 22.9 Å². The van der Waals surface area contributed by atoms with Gasteiger partial charge in [0.25, 0.3) is 5.69 Å². The Kier molecular flexibility index (Phi) is 4.74. The van der Waals surface area contributed by atoms with E-state index in [4.69, 9.17) is 4.74 Å². The minimum Gasteiger partial charge on any atom is -0.423 e. The van der Waals surface area contributed by atoms with Gasteiger partial charge in [0.05, 0.1) is 10.5 Å². The Bertz CT molecular complexity index is 952. The third kappa shape index (κ3) is 3.59. The molecular weight excluding hydrogens is 336 g/mol. The molecule has 0 N–H and O–H groups in total. The maximum absolute atomic E-state index is 12.4. The highest BCUT2D eigenvalue weighted by Gasteiger charge is 2.20. The van der Waals surface area contributed by atoms with E-state index in [9.17, 15) is 14.9 Å². The molecule has 0 amide bonds. The third-order valence-electron chi connectivity index (χ3n) is 3.81. The van der Waals surface area contributed by atoms with Crippen LogP contribution in [0.25, 0.3) is 5.69 Å². The molecule has 0 atom stereocenters. The predicted octanol–water partition coefficient (Wildman–Crippen LogP) is 3.52. The molecule has 0 radical (unpaired) electrons. The van der Waals surface area contributed by atoms with Crippen LogP contribution in [0, 0.1) is 10.1 Å². The SMILES string of the molecule is CC(C)c1cccc(OC(=O)c2ccc(-n3cncn3)c([N+](=O)[O-])c2)c1. The molecule has 0 aliphatic rings. The van der Waals surface area contributed by atoms with Crippen LogP contribution in [-0.2, 0) is 0 Å². The van der Waals surface area contributed by atoms with Gasteiger partial charge < -0.3 is 4.74 Å². The average Bonchev–Trinajstić information content (AvgIpc) is 3.15. The number of nitrogens with zero attached hydrogens (tertiary/aromatic N) is 4. The van der Waals surface area contributed by atoms with Gasteiger partial charge in [0, 0.05) is 6.07 Å². The average molecular weight is 352 g/mol. The monoisotopic (exact) mass is 352 g/mol. The number of carbonyl (C=O) groups is 1. The van der Waals surface area contributed by atoms with Crippen LogP contribution in [0.2, 0.25) is 0 Å². The molecule has 1 aromatic heterocycles. The molecule has 0 unspecified atom stereocenters. The molecule has 2 aromatic carbocycles. The van der Waals surface area contributed by atoms with E-state index >= 15 is 0 Å². The van der Waals surface area contributed by atoms with E-state index < -0.39 is 10.9 Å². The van der Waals surface area contributed by atoms with E-state index in [0.29, 0.717) is 5.75 Å². The minimum absolute atomic E-state index is 0.0792. The summed E-state index contributed by atoms with van der Waals surface area (Å²) in [4.78, 5) is 26.9. The molecule has 0 aliphatic carbocycles. The Labute approximate surface area is 149 Å². The summed E-state index contributed by atoms with van der Waals surface area (Å²) in [5.41, 5.74) is 1.06. The molecule has 1 heterocycles. The van der Waals surface area contributed by atoms with Crippen LogP contribution < -0.4 is 4.74 Å². The Morgan fingerprint density at radius 1 is 1.23 bits per heavy atom. The fourth-order valence-corrected chi connectivity index (χ4v) is 2.43. The lowest BCUT2D eigenvalue weighted by Gasteiger charge is -2.09. The molecule has 0 saturated carbocycles. The number of rotatable bonds is 5. The molecule has 0 saturated heterocycles. The van der Waals surface area contributed by atoms with Crippen LogP contribution >= 0.6 is 0 Å². The molecular formula is C18H16N4O4. The van der Waals surface area contributed by atoms with Crippen LogP contribution in [0.1, 0.15) is 35.7 Å². The Morgan fingerprint density at radius 2 is 2.04 bits per heavy atom. The molecule has 0 spiro atoms. The highest BCUT2D eigenvalue weighted by molar-refractivity contribution is 5.92. The molecule has 3 rings (SSSR count). The second-order valence-corrected chi connectivity index (χ2v) is 5.92. The number of nitro groups is 1. The molecule has 0 aliphatic heterocycles. The highest BCUT2D eigenvalue weighted by atomic mass is 16.6. The summed E-state index contributed by atoms with van der Waals surface area (Å²) in [5, 5.41) is 15.2. The van der Waals surface area contributed by atoms with Crippen molar-refractivity contribution in [3.8, 4) is 11.4 Å². The zero-order valence-corrected chi connectivity index (χ0v) is 14.2. The van der Waals surface area contributed by atoms with Crippen molar-refractivity contribution in [2.45, 2.75) is 19.8 Å². The van der Waals surface area contributed by atoms with Crippen molar-refractivity contribution < 1.29 is 14.5 Å². The molecule has 26 heavy (non-hydrogen) atoms. The Balaban J connectivity index is 1.89. The lowest BCUT2D eigenvalue weighted by Crippen LogP contribution is -2.10. The summed E-state index contributed by atoms with van der Waals surface area (Å²) in [6.45, 7) is 4.07. The largest absolute Gasteiger partial charge is 0.423 e. The number of nitro benzene ring substituents is 1. The zero-order valence-electron chi connectivity index (χ0n) is 14.2. The second kappa shape index (κ2) is 7.14. The van der Waals surface area contributed by atoms with Gasteiger partial charge in [-0.05, 0) is 35.7 Å². The number of benzene rings is 2. The Morgan fingerprint density at radius 3 is 2.69 bits per heavy atom. The zero-order chi connectivity index (χ0) is 18.7. The van der Waals surface area contributed by atoms with Crippen molar-refractivity contribution in [3.05, 3.63) is 76.4 Å².